The van der Waals surface area contributed by atoms with Crippen molar-refractivity contribution in [1.29, 1.82) is 0 Å². The van der Waals surface area contributed by atoms with Crippen LogP contribution in [0.2, 0.25) is 0 Å². The first-order valence-corrected chi connectivity index (χ1v) is 5.92. The van der Waals surface area contributed by atoms with E-state index in [0.717, 1.165) is 19.7 Å². The molecule has 1 N–H and O–H groups in total. The zero-order valence-corrected chi connectivity index (χ0v) is 9.01. The van der Waals surface area contributed by atoms with Gasteiger partial charge in [0.1, 0.15) is 12.4 Å². The van der Waals surface area contributed by atoms with Gasteiger partial charge in [-0.15, -0.1) is 0 Å². The molecule has 0 aromatic heterocycles. The fourth-order valence-electron chi connectivity index (χ4n) is 2.61. The van der Waals surface area contributed by atoms with Gasteiger partial charge in [-0.2, -0.15) is 0 Å². The van der Waals surface area contributed by atoms with Crippen LogP contribution < -0.4 is 10.1 Å². The molecule has 1 aliphatic heterocycles. The van der Waals surface area contributed by atoms with Gasteiger partial charge in [0, 0.05) is 18.7 Å². The molecule has 0 amide bonds. The van der Waals surface area contributed by atoms with Crippen LogP contribution in [-0.2, 0) is 19.4 Å². The predicted molar refractivity (Wildman–Crippen MR) is 60.3 cm³/mol. The quantitative estimate of drug-likeness (QED) is 0.696. The monoisotopic (exact) mass is 203 g/mol. The molecule has 0 saturated carbocycles. The zero-order chi connectivity index (χ0) is 10.1. The van der Waals surface area contributed by atoms with Crippen molar-refractivity contribution in [2.75, 3.05) is 13.2 Å². The van der Waals surface area contributed by atoms with Crippen LogP contribution >= 0.6 is 0 Å². The molecule has 0 saturated heterocycles. The highest BCUT2D eigenvalue weighted by atomic mass is 16.5. The summed E-state index contributed by atoms with van der Waals surface area (Å²) in [5.74, 6) is 1.19. The second-order valence-electron chi connectivity index (χ2n) is 4.42. The Labute approximate surface area is 90.6 Å². The summed E-state index contributed by atoms with van der Waals surface area (Å²) in [6, 6.07) is 4.53. The van der Waals surface area contributed by atoms with Crippen LogP contribution in [0.5, 0.6) is 5.75 Å². The maximum absolute atomic E-state index is 5.88. The summed E-state index contributed by atoms with van der Waals surface area (Å²) in [6.45, 7) is 2.73. The summed E-state index contributed by atoms with van der Waals surface area (Å²) in [4.78, 5) is 0. The molecule has 1 heterocycles. The highest BCUT2D eigenvalue weighted by Crippen LogP contribution is 2.33. The largest absolute Gasteiger partial charge is 0.492 e. The maximum atomic E-state index is 5.88. The third-order valence-corrected chi connectivity index (χ3v) is 3.40. The van der Waals surface area contributed by atoms with Crippen molar-refractivity contribution in [3.63, 3.8) is 0 Å². The van der Waals surface area contributed by atoms with Gasteiger partial charge in [-0.1, -0.05) is 12.1 Å². The van der Waals surface area contributed by atoms with Crippen molar-refractivity contribution in [2.24, 2.45) is 0 Å². The molecule has 1 aliphatic carbocycles. The summed E-state index contributed by atoms with van der Waals surface area (Å²) in [5.41, 5.74) is 4.34. The first kappa shape index (κ1) is 9.22. The van der Waals surface area contributed by atoms with E-state index in [9.17, 15) is 0 Å². The molecule has 3 rings (SSSR count). The molecule has 1 aromatic carbocycles. The third-order valence-electron chi connectivity index (χ3n) is 3.40. The molecule has 0 atom stereocenters. The van der Waals surface area contributed by atoms with Gasteiger partial charge in [0.05, 0.1) is 0 Å². The maximum Gasteiger partial charge on any atom is 0.127 e. The molecule has 1 aromatic rings. The van der Waals surface area contributed by atoms with Crippen LogP contribution in [0.25, 0.3) is 0 Å². The number of hydrogen-bond acceptors (Lipinski definition) is 2. The number of fused-ring (bicyclic) bond motifs is 3. The Kier molecular flexibility index (Phi) is 2.37. The van der Waals surface area contributed by atoms with E-state index >= 15 is 0 Å². The number of rotatable bonds is 0. The SMILES string of the molecule is c1cc2c(c3c1CCCC3)OCCNC2. The Hall–Kier alpha value is -1.02. The molecule has 15 heavy (non-hydrogen) atoms. The molecule has 0 bridgehead atoms. The smallest absolute Gasteiger partial charge is 0.127 e. The second-order valence-corrected chi connectivity index (χ2v) is 4.42. The van der Waals surface area contributed by atoms with Crippen molar-refractivity contribution < 1.29 is 4.74 Å². The van der Waals surface area contributed by atoms with E-state index in [1.165, 1.54) is 48.1 Å². The molecular formula is C13H17NO. The highest BCUT2D eigenvalue weighted by molar-refractivity contribution is 5.48. The Bertz CT molecular complexity index is 373. The predicted octanol–water partition coefficient (Wildman–Crippen LogP) is 2.05. The lowest BCUT2D eigenvalue weighted by atomic mass is 9.89. The lowest BCUT2D eigenvalue weighted by Gasteiger charge is -2.20. The van der Waals surface area contributed by atoms with Crippen molar-refractivity contribution in [3.8, 4) is 5.75 Å². The van der Waals surface area contributed by atoms with E-state index in [1.54, 1.807) is 0 Å². The zero-order valence-electron chi connectivity index (χ0n) is 9.01. The van der Waals surface area contributed by atoms with Gasteiger partial charge in [0.2, 0.25) is 0 Å². The average Bonchev–Trinajstić information content (AvgIpc) is 2.54. The number of nitrogens with one attached hydrogen (secondary N) is 1. The number of hydrogen-bond donors (Lipinski definition) is 1. The van der Waals surface area contributed by atoms with Gasteiger partial charge < -0.3 is 10.1 Å². The first-order valence-electron chi connectivity index (χ1n) is 5.92. The Morgan fingerprint density at radius 3 is 2.93 bits per heavy atom. The summed E-state index contributed by atoms with van der Waals surface area (Å²) in [5, 5.41) is 3.39. The molecule has 2 heteroatoms. The molecule has 0 unspecified atom stereocenters. The van der Waals surface area contributed by atoms with Crippen LogP contribution in [0.1, 0.15) is 29.5 Å². The van der Waals surface area contributed by atoms with E-state index in [4.69, 9.17) is 4.74 Å². The van der Waals surface area contributed by atoms with Crippen molar-refractivity contribution in [3.05, 3.63) is 28.8 Å². The lowest BCUT2D eigenvalue weighted by molar-refractivity contribution is 0.321. The summed E-state index contributed by atoms with van der Waals surface area (Å²) < 4.78 is 5.88. The lowest BCUT2D eigenvalue weighted by Crippen LogP contribution is -2.16. The molecule has 0 fully saturated rings. The van der Waals surface area contributed by atoms with E-state index in [1.807, 2.05) is 0 Å². The van der Waals surface area contributed by atoms with Crippen LogP contribution in [0.3, 0.4) is 0 Å². The van der Waals surface area contributed by atoms with Crippen LogP contribution in [0.4, 0.5) is 0 Å². The van der Waals surface area contributed by atoms with Gasteiger partial charge >= 0.3 is 0 Å². The van der Waals surface area contributed by atoms with Gasteiger partial charge in [-0.25, -0.2) is 0 Å². The van der Waals surface area contributed by atoms with Crippen LogP contribution in [-0.4, -0.2) is 13.2 Å². The average molecular weight is 203 g/mol. The third kappa shape index (κ3) is 1.63. The summed E-state index contributed by atoms with van der Waals surface area (Å²) >= 11 is 0. The van der Waals surface area contributed by atoms with Crippen LogP contribution in [0.15, 0.2) is 12.1 Å². The Balaban J connectivity index is 2.08. The van der Waals surface area contributed by atoms with Gasteiger partial charge in [0.15, 0.2) is 0 Å². The number of benzene rings is 1. The molecule has 0 radical (unpaired) electrons. The number of aryl methyl sites for hydroxylation is 1. The summed E-state index contributed by atoms with van der Waals surface area (Å²) in [7, 11) is 0. The standard InChI is InChI=1S/C13H17NO/c1-2-4-12-10(3-1)5-6-11-9-14-7-8-15-13(11)12/h5-6,14H,1-4,7-9H2. The fourth-order valence-corrected chi connectivity index (χ4v) is 2.61. The number of ether oxygens (including phenoxy) is 1. The van der Waals surface area contributed by atoms with E-state index < -0.39 is 0 Å². The highest BCUT2D eigenvalue weighted by Gasteiger charge is 2.18. The molecule has 2 nitrogen and oxygen atoms in total. The molecule has 2 aliphatic rings. The van der Waals surface area contributed by atoms with Gasteiger partial charge in [-0.05, 0) is 36.8 Å². The second kappa shape index (κ2) is 3.86. The van der Waals surface area contributed by atoms with Crippen molar-refractivity contribution in [2.45, 2.75) is 32.2 Å². The Morgan fingerprint density at radius 2 is 1.93 bits per heavy atom. The molecular weight excluding hydrogens is 186 g/mol. The van der Waals surface area contributed by atoms with Crippen LogP contribution in [0, 0.1) is 0 Å². The van der Waals surface area contributed by atoms with E-state index in [-0.39, 0.29) is 0 Å². The minimum Gasteiger partial charge on any atom is -0.492 e. The van der Waals surface area contributed by atoms with Gasteiger partial charge in [0.25, 0.3) is 0 Å². The normalized spacial score (nSPS) is 19.7. The Morgan fingerprint density at radius 1 is 1.07 bits per heavy atom. The first-order chi connectivity index (χ1) is 7.45. The molecule has 0 spiro atoms. The van der Waals surface area contributed by atoms with E-state index in [2.05, 4.69) is 17.4 Å². The minimum atomic E-state index is 0.809. The van der Waals surface area contributed by atoms with Crippen molar-refractivity contribution >= 4 is 0 Å². The fraction of sp³-hybridized carbons (Fsp3) is 0.538. The summed E-state index contributed by atoms with van der Waals surface area (Å²) in [6.07, 6.45) is 5.10. The molecule has 80 valence electrons. The van der Waals surface area contributed by atoms with Crippen molar-refractivity contribution in [1.82, 2.24) is 5.32 Å². The topological polar surface area (TPSA) is 21.3 Å². The van der Waals surface area contributed by atoms with E-state index in [0.29, 0.717) is 0 Å². The van der Waals surface area contributed by atoms with Gasteiger partial charge in [-0.3, -0.25) is 0 Å². The minimum absolute atomic E-state index is 0.809.